The van der Waals surface area contributed by atoms with Crippen LogP contribution in [0.25, 0.3) is 22.6 Å². The average molecular weight is 424 g/mol. The number of rotatable bonds is 4. The third-order valence-electron chi connectivity index (χ3n) is 5.62. The molecule has 3 aromatic rings. The van der Waals surface area contributed by atoms with Crippen molar-refractivity contribution >= 4 is 11.6 Å². The molecule has 3 heterocycles. The van der Waals surface area contributed by atoms with E-state index in [2.05, 4.69) is 34.7 Å². The predicted molar refractivity (Wildman–Crippen MR) is 118 cm³/mol. The molecule has 1 aliphatic carbocycles. The quantitative estimate of drug-likeness (QED) is 0.564. The van der Waals surface area contributed by atoms with E-state index in [1.807, 2.05) is 26.0 Å². The van der Waals surface area contributed by atoms with E-state index in [4.69, 9.17) is 26.1 Å². The molecule has 2 aromatic heterocycles. The molecular weight excluding hydrogens is 398 g/mol. The number of fused-ring (bicyclic) bond motifs is 1. The first kappa shape index (κ1) is 19.6. The average Bonchev–Trinajstić information content (AvgIpc) is 3.47. The second-order valence-electron chi connectivity index (χ2n) is 8.37. The number of halogens is 1. The maximum Gasteiger partial charge on any atom is 0.141 e. The Morgan fingerprint density at radius 3 is 2.53 bits per heavy atom. The molecule has 1 aliphatic heterocycles. The van der Waals surface area contributed by atoms with Crippen LogP contribution in [0.15, 0.2) is 30.3 Å². The summed E-state index contributed by atoms with van der Waals surface area (Å²) in [6.45, 7) is 7.61. The Balaban J connectivity index is 1.63. The SMILES string of the molecule is Cc1cc(-c2nc(-c3ccc(OC4CC4)c(Cl)c3)n3c2CCO[C@H](C)C3)cc(C)n1. The molecule has 0 bridgehead atoms. The zero-order valence-electron chi connectivity index (χ0n) is 17.6. The van der Waals surface area contributed by atoms with Crippen LogP contribution in [-0.4, -0.2) is 33.3 Å². The van der Waals surface area contributed by atoms with E-state index in [1.165, 1.54) is 5.69 Å². The minimum Gasteiger partial charge on any atom is -0.489 e. The van der Waals surface area contributed by atoms with Crippen LogP contribution in [0.5, 0.6) is 5.75 Å². The van der Waals surface area contributed by atoms with Crippen molar-refractivity contribution < 1.29 is 9.47 Å². The van der Waals surface area contributed by atoms with Gasteiger partial charge in [-0.1, -0.05) is 11.6 Å². The van der Waals surface area contributed by atoms with Crippen LogP contribution in [0.2, 0.25) is 5.02 Å². The second-order valence-corrected chi connectivity index (χ2v) is 8.78. The summed E-state index contributed by atoms with van der Waals surface area (Å²) in [5.41, 5.74) is 6.29. The summed E-state index contributed by atoms with van der Waals surface area (Å²) >= 11 is 6.57. The first-order chi connectivity index (χ1) is 14.5. The maximum absolute atomic E-state index is 6.57. The van der Waals surface area contributed by atoms with Crippen LogP contribution in [-0.2, 0) is 17.7 Å². The molecule has 1 atom stereocenters. The molecule has 1 saturated carbocycles. The van der Waals surface area contributed by atoms with E-state index in [0.29, 0.717) is 17.7 Å². The topological polar surface area (TPSA) is 49.2 Å². The van der Waals surface area contributed by atoms with Crippen molar-refractivity contribution in [3.8, 4) is 28.4 Å². The summed E-state index contributed by atoms with van der Waals surface area (Å²) in [4.78, 5) is 9.64. The number of pyridine rings is 1. The van der Waals surface area contributed by atoms with Gasteiger partial charge >= 0.3 is 0 Å². The van der Waals surface area contributed by atoms with Gasteiger partial charge in [0.1, 0.15) is 11.6 Å². The molecule has 2 aliphatic rings. The van der Waals surface area contributed by atoms with Crippen molar-refractivity contribution in [2.45, 2.75) is 58.8 Å². The molecule has 5 nitrogen and oxygen atoms in total. The van der Waals surface area contributed by atoms with Crippen molar-refractivity contribution in [3.63, 3.8) is 0 Å². The number of hydrogen-bond acceptors (Lipinski definition) is 4. The third kappa shape index (κ3) is 3.84. The first-order valence-corrected chi connectivity index (χ1v) is 11.0. The highest BCUT2D eigenvalue weighted by Gasteiger charge is 2.26. The number of benzene rings is 1. The van der Waals surface area contributed by atoms with Crippen LogP contribution in [0.4, 0.5) is 0 Å². The summed E-state index contributed by atoms with van der Waals surface area (Å²) in [5, 5.41) is 0.631. The number of imidazole rings is 1. The fourth-order valence-electron chi connectivity index (χ4n) is 4.13. The molecular formula is C24H26ClN3O2. The van der Waals surface area contributed by atoms with Gasteiger partial charge in [0.05, 0.1) is 36.1 Å². The highest BCUT2D eigenvalue weighted by molar-refractivity contribution is 6.32. The van der Waals surface area contributed by atoms with Crippen molar-refractivity contribution in [3.05, 3.63) is 52.4 Å². The summed E-state index contributed by atoms with van der Waals surface area (Å²) < 4.78 is 14.2. The van der Waals surface area contributed by atoms with Gasteiger partial charge in [-0.25, -0.2) is 4.98 Å². The summed E-state index contributed by atoms with van der Waals surface area (Å²) in [7, 11) is 0. The van der Waals surface area contributed by atoms with E-state index >= 15 is 0 Å². The first-order valence-electron chi connectivity index (χ1n) is 10.6. The molecule has 6 heteroatoms. The van der Waals surface area contributed by atoms with Crippen LogP contribution in [0, 0.1) is 13.8 Å². The molecule has 0 unspecified atom stereocenters. The number of ether oxygens (including phenoxy) is 2. The smallest absolute Gasteiger partial charge is 0.141 e. The number of hydrogen-bond donors (Lipinski definition) is 0. The van der Waals surface area contributed by atoms with Gasteiger partial charge in [0.15, 0.2) is 0 Å². The molecule has 0 saturated heterocycles. The van der Waals surface area contributed by atoms with Crippen LogP contribution >= 0.6 is 11.6 Å². The maximum atomic E-state index is 6.57. The number of aromatic nitrogens is 3. The normalized spacial score (nSPS) is 18.7. The van der Waals surface area contributed by atoms with Crippen LogP contribution < -0.4 is 4.74 Å². The molecule has 0 radical (unpaired) electrons. The van der Waals surface area contributed by atoms with E-state index < -0.39 is 0 Å². The molecule has 30 heavy (non-hydrogen) atoms. The highest BCUT2D eigenvalue weighted by Crippen LogP contribution is 2.37. The standard InChI is InChI=1S/C24H26ClN3O2/c1-14-10-18(11-15(2)26-14)23-21-8-9-29-16(3)13-28(21)24(27-23)17-4-7-22(20(25)12-17)30-19-5-6-19/h4,7,10-12,16,19H,5-6,8-9,13H2,1-3H3/t16-/m1/s1. The van der Waals surface area contributed by atoms with Crippen molar-refractivity contribution in [2.75, 3.05) is 6.61 Å². The fraction of sp³-hybridized carbons (Fsp3) is 0.417. The molecule has 5 rings (SSSR count). The summed E-state index contributed by atoms with van der Waals surface area (Å²) in [6, 6.07) is 10.2. The lowest BCUT2D eigenvalue weighted by Crippen LogP contribution is -2.15. The second kappa shape index (κ2) is 7.71. The highest BCUT2D eigenvalue weighted by atomic mass is 35.5. The molecule has 0 amide bonds. The van der Waals surface area contributed by atoms with Gasteiger partial charge < -0.3 is 14.0 Å². The van der Waals surface area contributed by atoms with Gasteiger partial charge in [-0.15, -0.1) is 0 Å². The molecule has 0 N–H and O–H groups in total. The minimum absolute atomic E-state index is 0.126. The van der Waals surface area contributed by atoms with Crippen molar-refractivity contribution in [1.82, 2.24) is 14.5 Å². The monoisotopic (exact) mass is 423 g/mol. The predicted octanol–water partition coefficient (Wildman–Crippen LogP) is 5.38. The van der Waals surface area contributed by atoms with Crippen LogP contribution in [0.3, 0.4) is 0 Å². The van der Waals surface area contributed by atoms with E-state index in [1.54, 1.807) is 0 Å². The summed E-state index contributed by atoms with van der Waals surface area (Å²) in [6.07, 6.45) is 3.49. The van der Waals surface area contributed by atoms with Gasteiger partial charge in [-0.2, -0.15) is 0 Å². The Morgan fingerprint density at radius 1 is 1.07 bits per heavy atom. The zero-order chi connectivity index (χ0) is 20.8. The Kier molecular flexibility index (Phi) is 5.03. The van der Waals surface area contributed by atoms with Gasteiger partial charge in [0.25, 0.3) is 0 Å². The van der Waals surface area contributed by atoms with Gasteiger partial charge in [0.2, 0.25) is 0 Å². The minimum atomic E-state index is 0.126. The van der Waals surface area contributed by atoms with E-state index in [0.717, 1.165) is 65.6 Å². The molecule has 1 fully saturated rings. The Bertz CT molecular complexity index is 1080. The number of aryl methyl sites for hydroxylation is 2. The Labute approximate surface area is 182 Å². The van der Waals surface area contributed by atoms with E-state index in [9.17, 15) is 0 Å². The molecule has 0 spiro atoms. The van der Waals surface area contributed by atoms with Crippen LogP contribution in [0.1, 0.15) is 36.8 Å². The largest absolute Gasteiger partial charge is 0.489 e. The van der Waals surface area contributed by atoms with Gasteiger partial charge in [-0.3, -0.25) is 4.98 Å². The van der Waals surface area contributed by atoms with Crippen molar-refractivity contribution in [2.24, 2.45) is 0 Å². The van der Waals surface area contributed by atoms with E-state index in [-0.39, 0.29) is 6.10 Å². The third-order valence-corrected chi connectivity index (χ3v) is 5.91. The van der Waals surface area contributed by atoms with Crippen molar-refractivity contribution in [1.29, 1.82) is 0 Å². The lowest BCUT2D eigenvalue weighted by atomic mass is 10.1. The number of nitrogens with zero attached hydrogens (tertiary/aromatic N) is 3. The van der Waals surface area contributed by atoms with Gasteiger partial charge in [-0.05, 0) is 63.9 Å². The lowest BCUT2D eigenvalue weighted by molar-refractivity contribution is 0.0666. The van der Waals surface area contributed by atoms with Gasteiger partial charge in [0, 0.05) is 34.6 Å². The zero-order valence-corrected chi connectivity index (χ0v) is 18.4. The molecule has 1 aromatic carbocycles. The summed E-state index contributed by atoms with van der Waals surface area (Å²) in [5.74, 6) is 1.67. The Morgan fingerprint density at radius 2 is 1.83 bits per heavy atom. The Hall–Kier alpha value is -2.37. The fourth-order valence-corrected chi connectivity index (χ4v) is 4.35. The molecule has 156 valence electrons. The lowest BCUT2D eigenvalue weighted by Gasteiger charge is -2.14.